The van der Waals surface area contributed by atoms with Gasteiger partial charge in [0.25, 0.3) is 6.47 Å². The van der Waals surface area contributed by atoms with Crippen LogP contribution in [0.15, 0.2) is 0 Å². The summed E-state index contributed by atoms with van der Waals surface area (Å²) in [6, 6.07) is 0. The Morgan fingerprint density at radius 1 is 1.55 bits per heavy atom. The number of rotatable bonds is 6. The van der Waals surface area contributed by atoms with Gasteiger partial charge in [-0.2, -0.15) is 0 Å². The quantitative estimate of drug-likeness (QED) is 0.451. The van der Waals surface area contributed by atoms with Crippen LogP contribution in [0.5, 0.6) is 0 Å². The molecule has 0 saturated carbocycles. The second kappa shape index (κ2) is 7.60. The molecule has 4 heteroatoms. The summed E-state index contributed by atoms with van der Waals surface area (Å²) in [5.74, 6) is 0. The Kier molecular flexibility index (Phi) is 7.24. The molecule has 0 aliphatic rings. The van der Waals surface area contributed by atoms with Crippen molar-refractivity contribution in [3.8, 4) is 0 Å². The Balaban J connectivity index is 3.01. The van der Waals surface area contributed by atoms with Crippen molar-refractivity contribution in [2.45, 2.75) is 19.3 Å². The van der Waals surface area contributed by atoms with E-state index in [9.17, 15) is 9.59 Å². The molecule has 0 unspecified atom stereocenters. The third-order valence-corrected chi connectivity index (χ3v) is 1.85. The summed E-state index contributed by atoms with van der Waals surface area (Å²) in [7, 11) is 0. The van der Waals surface area contributed by atoms with Crippen LogP contribution in [0.4, 0.5) is 0 Å². The molecule has 3 nitrogen and oxygen atoms in total. The minimum absolute atomic E-state index is 0.191. The molecule has 0 bridgehead atoms. The standard InChI is InChI=1S/C7H12O3S/c1-11-7(9)4-2-3-5-10-6-8/h6H,2-5H2,1H3. The normalized spacial score (nSPS) is 9.18. The second-order valence-electron chi connectivity index (χ2n) is 2.00. The number of ether oxygens (including phenoxy) is 1. The summed E-state index contributed by atoms with van der Waals surface area (Å²) < 4.78 is 4.45. The molecule has 0 heterocycles. The lowest BCUT2D eigenvalue weighted by molar-refractivity contribution is -0.128. The average molecular weight is 176 g/mol. The van der Waals surface area contributed by atoms with Gasteiger partial charge in [0.2, 0.25) is 0 Å². The highest BCUT2D eigenvalue weighted by atomic mass is 32.2. The predicted molar refractivity (Wildman–Crippen MR) is 44.4 cm³/mol. The van der Waals surface area contributed by atoms with Crippen LogP contribution in [-0.4, -0.2) is 24.5 Å². The molecule has 0 aromatic carbocycles. The summed E-state index contributed by atoms with van der Waals surface area (Å²) in [6.45, 7) is 0.849. The fourth-order valence-corrected chi connectivity index (χ4v) is 0.953. The summed E-state index contributed by atoms with van der Waals surface area (Å²) >= 11 is 1.24. The fraction of sp³-hybridized carbons (Fsp3) is 0.714. The topological polar surface area (TPSA) is 43.4 Å². The molecule has 0 spiro atoms. The monoisotopic (exact) mass is 176 g/mol. The first kappa shape index (κ1) is 10.5. The van der Waals surface area contributed by atoms with E-state index >= 15 is 0 Å². The van der Waals surface area contributed by atoms with Crippen LogP contribution in [0.1, 0.15) is 19.3 Å². The van der Waals surface area contributed by atoms with Crippen LogP contribution >= 0.6 is 11.8 Å². The molecule has 0 aliphatic carbocycles. The van der Waals surface area contributed by atoms with E-state index in [4.69, 9.17) is 0 Å². The number of unbranched alkanes of at least 4 members (excludes halogenated alkanes) is 1. The highest BCUT2D eigenvalue weighted by molar-refractivity contribution is 8.13. The summed E-state index contributed by atoms with van der Waals surface area (Å²) in [5, 5.41) is 0.191. The maximum absolute atomic E-state index is 10.7. The van der Waals surface area contributed by atoms with Crippen molar-refractivity contribution in [3.05, 3.63) is 0 Å². The lowest BCUT2D eigenvalue weighted by Gasteiger charge is -1.97. The van der Waals surface area contributed by atoms with Crippen LogP contribution in [0, 0.1) is 0 Å². The Bertz CT molecular complexity index is 125. The Labute approximate surface area is 70.5 Å². The van der Waals surface area contributed by atoms with Gasteiger partial charge in [-0.1, -0.05) is 11.8 Å². The largest absolute Gasteiger partial charge is 0.468 e. The van der Waals surface area contributed by atoms with Gasteiger partial charge in [0.05, 0.1) is 6.61 Å². The maximum atomic E-state index is 10.7. The first-order chi connectivity index (χ1) is 5.31. The minimum Gasteiger partial charge on any atom is -0.468 e. The van der Waals surface area contributed by atoms with Crippen molar-refractivity contribution >= 4 is 23.3 Å². The van der Waals surface area contributed by atoms with Crippen LogP contribution in [0.2, 0.25) is 0 Å². The van der Waals surface area contributed by atoms with Crippen molar-refractivity contribution in [1.29, 1.82) is 0 Å². The van der Waals surface area contributed by atoms with Gasteiger partial charge < -0.3 is 4.74 Å². The lowest BCUT2D eigenvalue weighted by atomic mass is 10.3. The lowest BCUT2D eigenvalue weighted by Crippen LogP contribution is -1.94. The highest BCUT2D eigenvalue weighted by Gasteiger charge is 1.97. The third-order valence-electron chi connectivity index (χ3n) is 1.19. The fourth-order valence-electron chi connectivity index (χ4n) is 0.605. The average Bonchev–Trinajstić information content (AvgIpc) is 2.04. The van der Waals surface area contributed by atoms with Crippen molar-refractivity contribution in [2.75, 3.05) is 12.9 Å². The Morgan fingerprint density at radius 2 is 2.27 bits per heavy atom. The van der Waals surface area contributed by atoms with Gasteiger partial charge >= 0.3 is 0 Å². The zero-order valence-corrected chi connectivity index (χ0v) is 7.36. The van der Waals surface area contributed by atoms with Gasteiger partial charge in [-0.3, -0.25) is 9.59 Å². The van der Waals surface area contributed by atoms with E-state index in [0.717, 1.165) is 12.8 Å². The Morgan fingerprint density at radius 3 is 2.82 bits per heavy atom. The van der Waals surface area contributed by atoms with E-state index in [0.29, 0.717) is 19.5 Å². The molecule has 0 aliphatic heterocycles. The number of hydrogen-bond donors (Lipinski definition) is 0. The van der Waals surface area contributed by atoms with Crippen LogP contribution in [0.3, 0.4) is 0 Å². The minimum atomic E-state index is 0.191. The molecule has 0 fully saturated rings. The molecule has 0 radical (unpaired) electrons. The number of carbonyl (C=O) groups is 2. The van der Waals surface area contributed by atoms with Gasteiger partial charge in [-0.05, 0) is 19.1 Å². The third kappa shape index (κ3) is 7.39. The molecule has 0 rings (SSSR count). The van der Waals surface area contributed by atoms with E-state index in [-0.39, 0.29) is 5.12 Å². The Hall–Kier alpha value is -0.510. The summed E-state index contributed by atoms with van der Waals surface area (Å²) in [5.41, 5.74) is 0. The van der Waals surface area contributed by atoms with Crippen molar-refractivity contribution in [3.63, 3.8) is 0 Å². The summed E-state index contributed by atoms with van der Waals surface area (Å²) in [4.78, 5) is 20.4. The molecule has 0 saturated heterocycles. The molecule has 0 aromatic rings. The van der Waals surface area contributed by atoms with E-state index < -0.39 is 0 Å². The highest BCUT2D eigenvalue weighted by Crippen LogP contribution is 2.04. The molecular weight excluding hydrogens is 164 g/mol. The molecule has 0 atom stereocenters. The van der Waals surface area contributed by atoms with E-state index in [1.165, 1.54) is 11.8 Å². The van der Waals surface area contributed by atoms with Crippen molar-refractivity contribution in [1.82, 2.24) is 0 Å². The zero-order valence-electron chi connectivity index (χ0n) is 6.54. The number of thioether (sulfide) groups is 1. The van der Waals surface area contributed by atoms with Gasteiger partial charge in [-0.25, -0.2) is 0 Å². The molecule has 11 heavy (non-hydrogen) atoms. The van der Waals surface area contributed by atoms with E-state index in [2.05, 4.69) is 4.74 Å². The van der Waals surface area contributed by atoms with Crippen LogP contribution in [0.25, 0.3) is 0 Å². The molecular formula is C7H12O3S. The SMILES string of the molecule is CSC(=O)CCCCOC=O. The van der Waals surface area contributed by atoms with E-state index in [1.807, 2.05) is 0 Å². The van der Waals surface area contributed by atoms with Gasteiger partial charge in [-0.15, -0.1) is 0 Å². The van der Waals surface area contributed by atoms with Crippen LogP contribution in [-0.2, 0) is 14.3 Å². The number of hydrogen-bond acceptors (Lipinski definition) is 4. The number of carbonyl (C=O) groups excluding carboxylic acids is 2. The zero-order chi connectivity index (χ0) is 8.53. The van der Waals surface area contributed by atoms with E-state index in [1.54, 1.807) is 6.26 Å². The second-order valence-corrected chi connectivity index (χ2v) is 2.86. The maximum Gasteiger partial charge on any atom is 0.293 e. The van der Waals surface area contributed by atoms with Crippen molar-refractivity contribution < 1.29 is 14.3 Å². The predicted octanol–water partition coefficient (Wildman–Crippen LogP) is 1.22. The molecule has 0 N–H and O–H groups in total. The molecule has 0 aromatic heterocycles. The first-order valence-electron chi connectivity index (χ1n) is 3.43. The van der Waals surface area contributed by atoms with Gasteiger partial charge in [0, 0.05) is 6.42 Å². The molecule has 64 valence electrons. The smallest absolute Gasteiger partial charge is 0.293 e. The van der Waals surface area contributed by atoms with Crippen LogP contribution < -0.4 is 0 Å². The molecule has 0 amide bonds. The first-order valence-corrected chi connectivity index (χ1v) is 4.65. The summed E-state index contributed by atoms with van der Waals surface area (Å²) in [6.07, 6.45) is 3.91. The van der Waals surface area contributed by atoms with Crippen molar-refractivity contribution in [2.24, 2.45) is 0 Å². The van der Waals surface area contributed by atoms with Gasteiger partial charge in [0.1, 0.15) is 0 Å². The van der Waals surface area contributed by atoms with Gasteiger partial charge in [0.15, 0.2) is 5.12 Å².